The summed E-state index contributed by atoms with van der Waals surface area (Å²) in [4.78, 5) is 28.1. The maximum absolute atomic E-state index is 10.8. The van der Waals surface area contributed by atoms with Crippen molar-refractivity contribution in [2.24, 2.45) is 0 Å². The SMILES string of the molecule is O=C(O)CCCN(CCCCc1ccc2c(n1)NCCC2)CCOCCOCC(=O)O. The Morgan fingerprint density at radius 1 is 1.00 bits per heavy atom. The maximum Gasteiger partial charge on any atom is 0.329 e. The van der Waals surface area contributed by atoms with Crippen molar-refractivity contribution in [1.29, 1.82) is 0 Å². The number of rotatable bonds is 17. The third-order valence-corrected chi connectivity index (χ3v) is 5.12. The summed E-state index contributed by atoms with van der Waals surface area (Å²) in [5, 5.41) is 20.8. The molecule has 0 amide bonds. The second kappa shape index (κ2) is 14.7. The molecule has 0 spiro atoms. The zero-order chi connectivity index (χ0) is 22.3. The second-order valence-corrected chi connectivity index (χ2v) is 7.70. The molecule has 0 atom stereocenters. The number of fused-ring (bicyclic) bond motifs is 1. The van der Waals surface area contributed by atoms with Crippen LogP contribution in [-0.2, 0) is 31.9 Å². The molecule has 0 aromatic carbocycles. The number of carboxylic acids is 2. The standard InChI is InChI=1S/C22H35N3O6/c26-20(27)7-4-12-25(13-14-30-15-16-31-17-21(28)29)11-2-1-6-19-9-8-18-5-3-10-23-22(18)24-19/h8-9H,1-7,10-17H2,(H,23,24)(H,26,27)(H,28,29). The molecule has 3 N–H and O–H groups in total. The van der Waals surface area contributed by atoms with E-state index in [1.54, 1.807) is 0 Å². The van der Waals surface area contributed by atoms with Gasteiger partial charge < -0.3 is 29.9 Å². The van der Waals surface area contributed by atoms with E-state index in [9.17, 15) is 9.59 Å². The highest BCUT2D eigenvalue weighted by Gasteiger charge is 2.11. The van der Waals surface area contributed by atoms with Gasteiger partial charge in [-0.2, -0.15) is 0 Å². The number of pyridine rings is 1. The molecule has 2 heterocycles. The molecule has 9 heteroatoms. The number of ether oxygens (including phenoxy) is 2. The molecule has 0 bridgehead atoms. The highest BCUT2D eigenvalue weighted by atomic mass is 16.5. The molecule has 0 aliphatic carbocycles. The Morgan fingerprint density at radius 2 is 1.81 bits per heavy atom. The summed E-state index contributed by atoms with van der Waals surface area (Å²) in [6.07, 6.45) is 5.96. The Kier molecular flexibility index (Phi) is 11.9. The summed E-state index contributed by atoms with van der Waals surface area (Å²) in [6.45, 7) is 4.06. The van der Waals surface area contributed by atoms with Crippen LogP contribution in [0.3, 0.4) is 0 Å². The van der Waals surface area contributed by atoms with Gasteiger partial charge in [-0.25, -0.2) is 9.78 Å². The van der Waals surface area contributed by atoms with E-state index < -0.39 is 11.9 Å². The van der Waals surface area contributed by atoms with E-state index in [1.165, 1.54) is 5.56 Å². The van der Waals surface area contributed by atoms with Crippen LogP contribution in [-0.4, -0.2) is 84.6 Å². The van der Waals surface area contributed by atoms with Gasteiger partial charge in [0.15, 0.2) is 0 Å². The lowest BCUT2D eigenvalue weighted by molar-refractivity contribution is -0.142. The van der Waals surface area contributed by atoms with Crippen molar-refractivity contribution in [3.05, 3.63) is 23.4 Å². The van der Waals surface area contributed by atoms with Gasteiger partial charge in [0.1, 0.15) is 12.4 Å². The van der Waals surface area contributed by atoms with Gasteiger partial charge in [0.2, 0.25) is 0 Å². The molecule has 0 saturated carbocycles. The lowest BCUT2D eigenvalue weighted by atomic mass is 10.1. The highest BCUT2D eigenvalue weighted by Crippen LogP contribution is 2.20. The van der Waals surface area contributed by atoms with Gasteiger partial charge >= 0.3 is 11.9 Å². The van der Waals surface area contributed by atoms with Crippen molar-refractivity contribution < 1.29 is 29.3 Å². The first-order valence-corrected chi connectivity index (χ1v) is 11.1. The minimum absolute atomic E-state index is 0.159. The molecule has 0 unspecified atom stereocenters. The van der Waals surface area contributed by atoms with Crippen molar-refractivity contribution in [2.45, 2.75) is 44.9 Å². The van der Waals surface area contributed by atoms with Crippen LogP contribution in [0.2, 0.25) is 0 Å². The molecule has 1 aliphatic rings. The van der Waals surface area contributed by atoms with Gasteiger partial charge in [-0.15, -0.1) is 0 Å². The molecular formula is C22H35N3O6. The summed E-state index contributed by atoms with van der Waals surface area (Å²) in [5.74, 6) is -0.742. The van der Waals surface area contributed by atoms with Crippen LogP contribution >= 0.6 is 0 Å². The summed E-state index contributed by atoms with van der Waals surface area (Å²) in [6, 6.07) is 4.30. The number of aromatic nitrogens is 1. The van der Waals surface area contributed by atoms with Crippen molar-refractivity contribution >= 4 is 17.8 Å². The summed E-state index contributed by atoms with van der Waals surface area (Å²) < 4.78 is 10.4. The fraction of sp³-hybridized carbons (Fsp3) is 0.682. The number of anilines is 1. The molecule has 1 aromatic rings. The largest absolute Gasteiger partial charge is 0.481 e. The number of carbonyl (C=O) groups is 2. The van der Waals surface area contributed by atoms with E-state index in [2.05, 4.69) is 22.3 Å². The summed E-state index contributed by atoms with van der Waals surface area (Å²) >= 11 is 0. The van der Waals surface area contributed by atoms with E-state index in [0.717, 1.165) is 56.7 Å². The third-order valence-electron chi connectivity index (χ3n) is 5.12. The van der Waals surface area contributed by atoms with E-state index in [-0.39, 0.29) is 19.6 Å². The number of aliphatic carboxylic acids is 2. The molecule has 0 saturated heterocycles. The Balaban J connectivity index is 1.65. The first kappa shape index (κ1) is 25.0. The zero-order valence-corrected chi connectivity index (χ0v) is 18.2. The van der Waals surface area contributed by atoms with Crippen molar-refractivity contribution in [2.75, 3.05) is 57.9 Å². The Bertz CT molecular complexity index is 685. The number of carboxylic acid groups (broad SMARTS) is 2. The first-order valence-electron chi connectivity index (χ1n) is 11.1. The molecule has 1 aliphatic heterocycles. The van der Waals surface area contributed by atoms with Crippen LogP contribution < -0.4 is 5.32 Å². The van der Waals surface area contributed by atoms with E-state index in [4.69, 9.17) is 24.7 Å². The number of hydrogen-bond donors (Lipinski definition) is 3. The Hall–Kier alpha value is -2.23. The molecule has 1 aromatic heterocycles. The van der Waals surface area contributed by atoms with Crippen LogP contribution in [0.15, 0.2) is 12.1 Å². The maximum atomic E-state index is 10.8. The second-order valence-electron chi connectivity index (χ2n) is 7.70. The molecule has 31 heavy (non-hydrogen) atoms. The quantitative estimate of drug-likeness (QED) is 0.314. The molecule has 9 nitrogen and oxygen atoms in total. The topological polar surface area (TPSA) is 121 Å². The van der Waals surface area contributed by atoms with Gasteiger partial charge in [-0.05, 0) is 63.2 Å². The normalized spacial score (nSPS) is 13.1. The van der Waals surface area contributed by atoms with Crippen LogP contribution in [0.5, 0.6) is 0 Å². The van der Waals surface area contributed by atoms with Gasteiger partial charge in [0.05, 0.1) is 19.8 Å². The fourth-order valence-electron chi connectivity index (χ4n) is 3.51. The van der Waals surface area contributed by atoms with Gasteiger partial charge in [-0.3, -0.25) is 4.79 Å². The lowest BCUT2D eigenvalue weighted by Gasteiger charge is -2.22. The van der Waals surface area contributed by atoms with E-state index in [1.807, 2.05) is 0 Å². The van der Waals surface area contributed by atoms with Crippen molar-refractivity contribution in [3.63, 3.8) is 0 Å². The first-order chi connectivity index (χ1) is 15.0. The Labute approximate surface area is 183 Å². The van der Waals surface area contributed by atoms with Gasteiger partial charge in [-0.1, -0.05) is 6.07 Å². The molecule has 2 rings (SSSR count). The molecule has 0 fully saturated rings. The monoisotopic (exact) mass is 437 g/mol. The molecular weight excluding hydrogens is 402 g/mol. The van der Waals surface area contributed by atoms with E-state index in [0.29, 0.717) is 32.7 Å². The third kappa shape index (κ3) is 11.1. The number of unbranched alkanes of at least 4 members (excludes halogenated alkanes) is 1. The number of hydrogen-bond acceptors (Lipinski definition) is 7. The Morgan fingerprint density at radius 3 is 2.61 bits per heavy atom. The summed E-state index contributed by atoms with van der Waals surface area (Å²) in [7, 11) is 0. The van der Waals surface area contributed by atoms with Crippen LogP contribution in [0.1, 0.15) is 43.4 Å². The van der Waals surface area contributed by atoms with Gasteiger partial charge in [0.25, 0.3) is 0 Å². The minimum atomic E-state index is -0.994. The predicted molar refractivity (Wildman–Crippen MR) is 117 cm³/mol. The fourth-order valence-corrected chi connectivity index (χ4v) is 3.51. The minimum Gasteiger partial charge on any atom is -0.481 e. The number of nitrogens with zero attached hydrogens (tertiary/aromatic N) is 2. The number of nitrogens with one attached hydrogen (secondary N) is 1. The lowest BCUT2D eigenvalue weighted by Crippen LogP contribution is -2.30. The molecule has 0 radical (unpaired) electrons. The molecule has 174 valence electrons. The van der Waals surface area contributed by atoms with Crippen LogP contribution in [0.25, 0.3) is 0 Å². The van der Waals surface area contributed by atoms with Crippen molar-refractivity contribution in [3.8, 4) is 0 Å². The average Bonchev–Trinajstić information content (AvgIpc) is 2.75. The predicted octanol–water partition coefficient (Wildman–Crippen LogP) is 2.05. The van der Waals surface area contributed by atoms with Crippen molar-refractivity contribution in [1.82, 2.24) is 9.88 Å². The summed E-state index contributed by atoms with van der Waals surface area (Å²) in [5.41, 5.74) is 2.41. The van der Waals surface area contributed by atoms with Crippen LogP contribution in [0, 0.1) is 0 Å². The van der Waals surface area contributed by atoms with Gasteiger partial charge in [0, 0.05) is 25.2 Å². The smallest absolute Gasteiger partial charge is 0.329 e. The highest BCUT2D eigenvalue weighted by molar-refractivity contribution is 5.68. The number of aryl methyl sites for hydroxylation is 2. The average molecular weight is 438 g/mol. The van der Waals surface area contributed by atoms with E-state index >= 15 is 0 Å². The zero-order valence-electron chi connectivity index (χ0n) is 18.2. The van der Waals surface area contributed by atoms with Crippen LogP contribution in [0.4, 0.5) is 5.82 Å².